The van der Waals surface area contributed by atoms with Crippen LogP contribution in [0.2, 0.25) is 0 Å². The molecule has 1 aromatic heterocycles. The second kappa shape index (κ2) is 7.02. The van der Waals surface area contributed by atoms with Gasteiger partial charge in [-0.3, -0.25) is 4.79 Å². The number of hydrogen-bond acceptors (Lipinski definition) is 5. The molecule has 1 heterocycles. The summed E-state index contributed by atoms with van der Waals surface area (Å²) in [7, 11) is 0. The number of anilines is 2. The smallest absolute Gasteiger partial charge is 0.239 e. The monoisotopic (exact) mass is 343 g/mol. The van der Waals surface area contributed by atoms with Gasteiger partial charge in [0.05, 0.1) is 15.5 Å². The summed E-state index contributed by atoms with van der Waals surface area (Å²) >= 11 is 3.03. The highest BCUT2D eigenvalue weighted by atomic mass is 32.2. The highest BCUT2D eigenvalue weighted by molar-refractivity contribution is 8.00. The Kier molecular flexibility index (Phi) is 4.83. The number of nitrogens with zero attached hydrogens (tertiary/aromatic N) is 1. The number of thiazole rings is 1. The molecular formula is C17H17N3OS2. The second-order valence-electron chi connectivity index (χ2n) is 5.06. The number of hydrogen-bond donors (Lipinski definition) is 2. The van der Waals surface area contributed by atoms with Gasteiger partial charge in [-0.15, -0.1) is 11.8 Å². The Morgan fingerprint density at radius 1 is 1.26 bits per heavy atom. The van der Waals surface area contributed by atoms with Crippen molar-refractivity contribution in [3.63, 3.8) is 0 Å². The fraction of sp³-hybridized carbons (Fsp3) is 0.176. The van der Waals surface area contributed by atoms with Crippen molar-refractivity contribution in [1.82, 2.24) is 4.98 Å². The molecule has 3 N–H and O–H groups in total. The van der Waals surface area contributed by atoms with Crippen LogP contribution in [0.15, 0.2) is 53.4 Å². The zero-order valence-electron chi connectivity index (χ0n) is 12.7. The predicted molar refractivity (Wildman–Crippen MR) is 99.0 cm³/mol. The van der Waals surface area contributed by atoms with Gasteiger partial charge in [0.2, 0.25) is 5.91 Å². The lowest BCUT2D eigenvalue weighted by Gasteiger charge is -2.13. The van der Waals surface area contributed by atoms with Crippen LogP contribution in [0.25, 0.3) is 10.2 Å². The van der Waals surface area contributed by atoms with Crippen molar-refractivity contribution in [2.24, 2.45) is 0 Å². The number of nitrogens with one attached hydrogen (secondary N) is 1. The van der Waals surface area contributed by atoms with Gasteiger partial charge in [0.15, 0.2) is 5.13 Å². The summed E-state index contributed by atoms with van der Waals surface area (Å²) in [6, 6.07) is 15.4. The summed E-state index contributed by atoms with van der Waals surface area (Å²) < 4.78 is 1.07. The van der Waals surface area contributed by atoms with Crippen LogP contribution >= 0.6 is 23.1 Å². The van der Waals surface area contributed by atoms with E-state index in [4.69, 9.17) is 5.73 Å². The number of thioether (sulfide) groups is 1. The predicted octanol–water partition coefficient (Wildman–Crippen LogP) is 4.39. The van der Waals surface area contributed by atoms with Gasteiger partial charge in [-0.1, -0.05) is 30.4 Å². The third-order valence-corrected chi connectivity index (χ3v) is 5.67. The number of rotatable bonds is 5. The molecule has 0 aliphatic heterocycles. The summed E-state index contributed by atoms with van der Waals surface area (Å²) in [5.74, 6) is -0.0200. The number of para-hydroxylation sites is 1. The van der Waals surface area contributed by atoms with E-state index in [2.05, 4.69) is 10.3 Å². The molecule has 3 aromatic rings. The molecule has 2 aromatic carbocycles. The molecule has 4 nitrogen and oxygen atoms in total. The van der Waals surface area contributed by atoms with Crippen LogP contribution in [0.4, 0.5) is 10.8 Å². The van der Waals surface area contributed by atoms with Gasteiger partial charge in [0.1, 0.15) is 0 Å². The number of amides is 1. The Labute approximate surface area is 143 Å². The molecule has 0 aliphatic rings. The van der Waals surface area contributed by atoms with E-state index < -0.39 is 0 Å². The van der Waals surface area contributed by atoms with Crippen molar-refractivity contribution >= 4 is 50.0 Å². The van der Waals surface area contributed by atoms with Crippen molar-refractivity contribution in [3.8, 4) is 0 Å². The number of nitrogens with two attached hydrogens (primary N) is 1. The van der Waals surface area contributed by atoms with Crippen LogP contribution in [-0.2, 0) is 4.79 Å². The molecule has 0 saturated carbocycles. The summed E-state index contributed by atoms with van der Waals surface area (Å²) in [6.45, 7) is 2.01. The molecule has 1 amide bonds. The Balaban J connectivity index is 1.70. The molecule has 0 spiro atoms. The fourth-order valence-corrected chi connectivity index (χ4v) is 3.97. The molecule has 0 bridgehead atoms. The van der Waals surface area contributed by atoms with Gasteiger partial charge >= 0.3 is 0 Å². The maximum Gasteiger partial charge on any atom is 0.239 e. The average molecular weight is 343 g/mol. The molecular weight excluding hydrogens is 326 g/mol. The van der Waals surface area contributed by atoms with Crippen molar-refractivity contribution in [2.45, 2.75) is 23.5 Å². The van der Waals surface area contributed by atoms with Crippen molar-refractivity contribution in [3.05, 3.63) is 48.5 Å². The average Bonchev–Trinajstić information content (AvgIpc) is 2.96. The first-order valence-corrected chi connectivity index (χ1v) is 9.04. The Morgan fingerprint density at radius 3 is 2.70 bits per heavy atom. The van der Waals surface area contributed by atoms with Gasteiger partial charge in [-0.2, -0.15) is 0 Å². The first-order chi connectivity index (χ1) is 11.2. The summed E-state index contributed by atoms with van der Waals surface area (Å²) in [5.41, 5.74) is 7.33. The lowest BCUT2D eigenvalue weighted by molar-refractivity contribution is -0.115. The van der Waals surface area contributed by atoms with E-state index in [0.717, 1.165) is 27.2 Å². The maximum atomic E-state index is 12.5. The van der Waals surface area contributed by atoms with Crippen LogP contribution in [0.1, 0.15) is 13.3 Å². The molecule has 0 radical (unpaired) electrons. The van der Waals surface area contributed by atoms with Gasteiger partial charge in [0.25, 0.3) is 0 Å². The largest absolute Gasteiger partial charge is 0.399 e. The van der Waals surface area contributed by atoms with E-state index in [1.165, 1.54) is 11.3 Å². The van der Waals surface area contributed by atoms with E-state index in [1.54, 1.807) is 11.8 Å². The lowest BCUT2D eigenvalue weighted by atomic mass is 10.3. The van der Waals surface area contributed by atoms with Gasteiger partial charge < -0.3 is 11.1 Å². The first kappa shape index (κ1) is 15.8. The Hall–Kier alpha value is -2.05. The zero-order valence-corrected chi connectivity index (χ0v) is 14.3. The minimum Gasteiger partial charge on any atom is -0.399 e. The topological polar surface area (TPSA) is 68.0 Å². The van der Waals surface area contributed by atoms with E-state index in [-0.39, 0.29) is 11.2 Å². The molecule has 1 atom stereocenters. The molecule has 118 valence electrons. The second-order valence-corrected chi connectivity index (χ2v) is 7.37. The number of carbonyl (C=O) groups is 1. The minimum atomic E-state index is -0.161. The van der Waals surface area contributed by atoms with Crippen molar-refractivity contribution < 1.29 is 4.79 Å². The molecule has 0 saturated heterocycles. The van der Waals surface area contributed by atoms with Crippen LogP contribution in [0.5, 0.6) is 0 Å². The van der Waals surface area contributed by atoms with Gasteiger partial charge in [-0.05, 0) is 42.8 Å². The normalized spacial score (nSPS) is 12.2. The van der Waals surface area contributed by atoms with Crippen LogP contribution in [-0.4, -0.2) is 16.1 Å². The molecule has 1 unspecified atom stereocenters. The zero-order chi connectivity index (χ0) is 16.2. The van der Waals surface area contributed by atoms with Gasteiger partial charge in [0, 0.05) is 10.6 Å². The van der Waals surface area contributed by atoms with Crippen LogP contribution in [0, 0.1) is 0 Å². The lowest BCUT2D eigenvalue weighted by Crippen LogP contribution is -2.24. The highest BCUT2D eigenvalue weighted by Gasteiger charge is 2.19. The van der Waals surface area contributed by atoms with Crippen molar-refractivity contribution in [2.75, 3.05) is 11.1 Å². The Morgan fingerprint density at radius 2 is 2.00 bits per heavy atom. The van der Waals surface area contributed by atoms with Crippen LogP contribution < -0.4 is 11.1 Å². The van der Waals surface area contributed by atoms with E-state index in [0.29, 0.717) is 5.13 Å². The van der Waals surface area contributed by atoms with E-state index in [1.807, 2.05) is 55.5 Å². The quantitative estimate of drug-likeness (QED) is 0.532. The maximum absolute atomic E-state index is 12.5. The van der Waals surface area contributed by atoms with Gasteiger partial charge in [-0.25, -0.2) is 4.98 Å². The number of carbonyl (C=O) groups excluding carboxylic acids is 1. The molecule has 0 aliphatic carbocycles. The standard InChI is InChI=1S/C17H17N3OS2/c1-2-14(22-12-9-7-11(18)8-10-12)16(21)20-17-19-13-5-3-4-6-15(13)23-17/h3-10,14H,2,18H2,1H3,(H,19,20,21). The van der Waals surface area contributed by atoms with E-state index >= 15 is 0 Å². The van der Waals surface area contributed by atoms with Crippen LogP contribution in [0.3, 0.4) is 0 Å². The molecule has 3 rings (SSSR count). The Bertz CT molecular complexity index is 781. The molecule has 6 heteroatoms. The highest BCUT2D eigenvalue weighted by Crippen LogP contribution is 2.29. The fourth-order valence-electron chi connectivity index (χ4n) is 2.14. The SMILES string of the molecule is CCC(Sc1ccc(N)cc1)C(=O)Nc1nc2ccccc2s1. The minimum absolute atomic E-state index is 0.0200. The summed E-state index contributed by atoms with van der Waals surface area (Å²) in [6.07, 6.45) is 0.742. The third kappa shape index (κ3) is 3.83. The third-order valence-electron chi connectivity index (χ3n) is 3.35. The summed E-state index contributed by atoms with van der Waals surface area (Å²) in [5, 5.41) is 3.42. The summed E-state index contributed by atoms with van der Waals surface area (Å²) in [4.78, 5) is 18.0. The number of fused-ring (bicyclic) bond motifs is 1. The number of nitrogen functional groups attached to an aromatic ring is 1. The molecule has 0 fully saturated rings. The van der Waals surface area contributed by atoms with Crippen molar-refractivity contribution in [1.29, 1.82) is 0 Å². The first-order valence-electron chi connectivity index (χ1n) is 7.34. The number of aromatic nitrogens is 1. The molecule has 23 heavy (non-hydrogen) atoms. The number of benzene rings is 2. The van der Waals surface area contributed by atoms with E-state index in [9.17, 15) is 4.79 Å².